The van der Waals surface area contributed by atoms with E-state index in [1.165, 1.54) is 38.7 Å². The molecular weight excluding hydrogens is 354 g/mol. The maximum Gasteiger partial charge on any atom is 0.213 e. The standard InChI is InChI=1S/C26H34NSi/c1-19-14-15-21(28(6,7)8)16-22(19)25-17-23(20-12-10-9-11-13-20)24(18-27(25)5)26(2,3)4/h9-18H,1-8H3/q+1. The Morgan fingerprint density at radius 2 is 1.46 bits per heavy atom. The Morgan fingerprint density at radius 1 is 0.821 bits per heavy atom. The van der Waals surface area contributed by atoms with Crippen LogP contribution in [-0.4, -0.2) is 8.07 Å². The van der Waals surface area contributed by atoms with Crippen LogP contribution in [0.3, 0.4) is 0 Å². The summed E-state index contributed by atoms with van der Waals surface area (Å²) in [6, 6.07) is 20.2. The summed E-state index contributed by atoms with van der Waals surface area (Å²) in [6.45, 7) is 16.4. The Bertz CT molecular complexity index is 989. The van der Waals surface area contributed by atoms with Gasteiger partial charge in [-0.15, -0.1) is 0 Å². The molecule has 0 amide bonds. The zero-order valence-corrected chi connectivity index (χ0v) is 19.7. The maximum absolute atomic E-state index is 2.43. The van der Waals surface area contributed by atoms with Crippen LogP contribution in [0.15, 0.2) is 60.8 Å². The van der Waals surface area contributed by atoms with Gasteiger partial charge in [-0.3, -0.25) is 0 Å². The Balaban J connectivity index is 2.30. The van der Waals surface area contributed by atoms with Gasteiger partial charge in [0.15, 0.2) is 6.20 Å². The SMILES string of the molecule is Cc1ccc([Si](C)(C)C)cc1-c1cc(-c2ccccc2)c(C(C)(C)C)c[n+]1C. The summed E-state index contributed by atoms with van der Waals surface area (Å²) in [5.41, 5.74) is 8.04. The first-order chi connectivity index (χ1) is 13.0. The van der Waals surface area contributed by atoms with Crippen molar-refractivity contribution in [2.45, 2.75) is 52.8 Å². The van der Waals surface area contributed by atoms with Crippen molar-refractivity contribution in [3.05, 3.63) is 71.9 Å². The van der Waals surface area contributed by atoms with Crippen LogP contribution in [-0.2, 0) is 12.5 Å². The molecule has 0 aliphatic heterocycles. The number of rotatable bonds is 3. The molecule has 2 heteroatoms. The molecule has 3 rings (SSSR count). The van der Waals surface area contributed by atoms with E-state index in [-0.39, 0.29) is 5.41 Å². The highest BCUT2D eigenvalue weighted by Gasteiger charge is 2.26. The van der Waals surface area contributed by atoms with Crippen LogP contribution < -0.4 is 9.75 Å². The lowest BCUT2D eigenvalue weighted by Crippen LogP contribution is -2.38. The van der Waals surface area contributed by atoms with E-state index in [1.807, 2.05) is 0 Å². The van der Waals surface area contributed by atoms with Gasteiger partial charge in [0, 0.05) is 17.2 Å². The summed E-state index contributed by atoms with van der Waals surface area (Å²) in [5, 5.41) is 1.51. The average molecular weight is 389 g/mol. The van der Waals surface area contributed by atoms with Crippen LogP contribution in [0.4, 0.5) is 0 Å². The monoisotopic (exact) mass is 388 g/mol. The lowest BCUT2D eigenvalue weighted by Gasteiger charge is -2.23. The van der Waals surface area contributed by atoms with Crippen LogP contribution in [0.1, 0.15) is 31.9 Å². The number of pyridine rings is 1. The molecule has 0 saturated heterocycles. The van der Waals surface area contributed by atoms with Crippen LogP contribution in [0.25, 0.3) is 22.4 Å². The second-order valence-corrected chi connectivity index (χ2v) is 15.1. The molecule has 0 unspecified atom stereocenters. The summed E-state index contributed by atoms with van der Waals surface area (Å²) in [5.74, 6) is 0. The van der Waals surface area contributed by atoms with Crippen molar-refractivity contribution in [2.24, 2.45) is 7.05 Å². The first-order valence-electron chi connectivity index (χ1n) is 10.2. The third-order valence-electron chi connectivity index (χ3n) is 5.55. The van der Waals surface area contributed by atoms with E-state index >= 15 is 0 Å². The number of aromatic nitrogens is 1. The van der Waals surface area contributed by atoms with E-state index in [1.54, 1.807) is 0 Å². The van der Waals surface area contributed by atoms with Gasteiger partial charge >= 0.3 is 0 Å². The first-order valence-corrected chi connectivity index (χ1v) is 13.7. The molecule has 0 saturated carbocycles. The number of nitrogens with zero attached hydrogens (tertiary/aromatic N) is 1. The molecule has 3 aromatic rings. The highest BCUT2D eigenvalue weighted by atomic mass is 28.3. The predicted molar refractivity (Wildman–Crippen MR) is 125 cm³/mol. The molecule has 0 N–H and O–H groups in total. The molecule has 1 aromatic heterocycles. The van der Waals surface area contributed by atoms with E-state index in [4.69, 9.17) is 0 Å². The second-order valence-electron chi connectivity index (χ2n) is 9.99. The highest BCUT2D eigenvalue weighted by Crippen LogP contribution is 2.34. The molecule has 146 valence electrons. The van der Waals surface area contributed by atoms with Crippen molar-refractivity contribution in [3.63, 3.8) is 0 Å². The lowest BCUT2D eigenvalue weighted by atomic mass is 9.82. The van der Waals surface area contributed by atoms with E-state index in [2.05, 4.69) is 120 Å². The number of hydrogen-bond acceptors (Lipinski definition) is 0. The summed E-state index contributed by atoms with van der Waals surface area (Å²) < 4.78 is 2.31. The summed E-state index contributed by atoms with van der Waals surface area (Å²) in [7, 11) is 0.815. The Morgan fingerprint density at radius 3 is 2.04 bits per heavy atom. The zero-order chi connectivity index (χ0) is 20.7. The minimum absolute atomic E-state index is 0.0800. The quantitative estimate of drug-likeness (QED) is 0.383. The molecule has 1 nitrogen and oxygen atoms in total. The van der Waals surface area contributed by atoms with Crippen molar-refractivity contribution in [2.75, 3.05) is 0 Å². The third-order valence-corrected chi connectivity index (χ3v) is 7.59. The van der Waals surface area contributed by atoms with E-state index in [0.717, 1.165) is 0 Å². The molecule has 0 fully saturated rings. The van der Waals surface area contributed by atoms with E-state index in [0.29, 0.717) is 0 Å². The minimum Gasteiger partial charge on any atom is -0.201 e. The second kappa shape index (κ2) is 7.33. The zero-order valence-electron chi connectivity index (χ0n) is 18.7. The van der Waals surface area contributed by atoms with Crippen molar-refractivity contribution in [1.29, 1.82) is 0 Å². The van der Waals surface area contributed by atoms with E-state index < -0.39 is 8.07 Å². The van der Waals surface area contributed by atoms with Crippen LogP contribution in [0.2, 0.25) is 19.6 Å². The molecule has 28 heavy (non-hydrogen) atoms. The first kappa shape index (κ1) is 20.5. The fourth-order valence-corrected chi connectivity index (χ4v) is 4.90. The van der Waals surface area contributed by atoms with Gasteiger partial charge in [0.1, 0.15) is 7.05 Å². The Labute approximate surface area is 172 Å². The van der Waals surface area contributed by atoms with Crippen molar-refractivity contribution < 1.29 is 4.57 Å². The summed E-state index contributed by atoms with van der Waals surface area (Å²) >= 11 is 0. The number of benzene rings is 2. The van der Waals surface area contributed by atoms with Gasteiger partial charge in [0.05, 0.1) is 8.07 Å². The largest absolute Gasteiger partial charge is 0.213 e. The topological polar surface area (TPSA) is 3.88 Å². The number of aryl methyl sites for hydroxylation is 2. The van der Waals surface area contributed by atoms with Crippen LogP contribution in [0, 0.1) is 6.92 Å². The molecular formula is C26H34NSi+. The maximum atomic E-state index is 2.43. The predicted octanol–water partition coefficient (Wildman–Crippen LogP) is 6.00. The lowest BCUT2D eigenvalue weighted by molar-refractivity contribution is -0.660. The van der Waals surface area contributed by atoms with Gasteiger partial charge in [-0.05, 0) is 35.1 Å². The van der Waals surface area contributed by atoms with Crippen molar-refractivity contribution in [1.82, 2.24) is 0 Å². The third kappa shape index (κ3) is 4.12. The van der Waals surface area contributed by atoms with Crippen LogP contribution in [0.5, 0.6) is 0 Å². The van der Waals surface area contributed by atoms with Gasteiger partial charge in [-0.2, -0.15) is 0 Å². The normalized spacial score (nSPS) is 12.3. The fraction of sp³-hybridized carbons (Fsp3) is 0.346. The minimum atomic E-state index is -1.37. The molecule has 0 aliphatic carbocycles. The molecule has 0 bridgehead atoms. The molecule has 0 spiro atoms. The van der Waals surface area contributed by atoms with Gasteiger partial charge in [-0.1, -0.05) is 88.1 Å². The van der Waals surface area contributed by atoms with E-state index in [9.17, 15) is 0 Å². The molecule has 0 atom stereocenters. The highest BCUT2D eigenvalue weighted by molar-refractivity contribution is 6.88. The van der Waals surface area contributed by atoms with Crippen LogP contribution >= 0.6 is 0 Å². The summed E-state index contributed by atoms with van der Waals surface area (Å²) in [4.78, 5) is 0. The van der Waals surface area contributed by atoms with Crippen molar-refractivity contribution >= 4 is 13.3 Å². The fourth-order valence-electron chi connectivity index (χ4n) is 3.74. The van der Waals surface area contributed by atoms with Gasteiger partial charge in [-0.25, -0.2) is 4.57 Å². The summed E-state index contributed by atoms with van der Waals surface area (Å²) in [6.07, 6.45) is 2.33. The van der Waals surface area contributed by atoms with Gasteiger partial charge in [0.2, 0.25) is 5.69 Å². The Kier molecular flexibility index (Phi) is 5.37. The van der Waals surface area contributed by atoms with Crippen molar-refractivity contribution in [3.8, 4) is 22.4 Å². The molecule has 0 radical (unpaired) electrons. The van der Waals surface area contributed by atoms with Gasteiger partial charge < -0.3 is 0 Å². The average Bonchev–Trinajstić information content (AvgIpc) is 2.61. The molecule has 1 heterocycles. The number of hydrogen-bond donors (Lipinski definition) is 0. The molecule has 2 aromatic carbocycles. The molecule has 0 aliphatic rings. The smallest absolute Gasteiger partial charge is 0.201 e. The Hall–Kier alpha value is -2.19. The van der Waals surface area contributed by atoms with Gasteiger partial charge in [0.25, 0.3) is 0 Å².